The van der Waals surface area contributed by atoms with Gasteiger partial charge in [0.25, 0.3) is 0 Å². The van der Waals surface area contributed by atoms with E-state index in [-0.39, 0.29) is 0 Å². The molecule has 0 saturated carbocycles. The minimum absolute atomic E-state index is 0.519. The highest BCUT2D eigenvalue weighted by molar-refractivity contribution is 9.11. The van der Waals surface area contributed by atoms with E-state index in [1.165, 1.54) is 11.3 Å². The van der Waals surface area contributed by atoms with E-state index >= 15 is 0 Å². The van der Waals surface area contributed by atoms with Gasteiger partial charge >= 0.3 is 6.09 Å². The van der Waals surface area contributed by atoms with Crippen LogP contribution in [-0.4, -0.2) is 30.4 Å². The number of nitrogens with zero attached hydrogens (tertiary/aromatic N) is 1. The van der Waals surface area contributed by atoms with Crippen LogP contribution in [0.5, 0.6) is 0 Å². The third kappa shape index (κ3) is 8.82. The summed E-state index contributed by atoms with van der Waals surface area (Å²) >= 11 is 3.26. The zero-order valence-corrected chi connectivity index (χ0v) is 12.4. The third-order valence-electron chi connectivity index (χ3n) is 1.39. The van der Waals surface area contributed by atoms with Crippen LogP contribution in [0, 0.1) is 0 Å². The molecule has 1 amide bonds. The highest BCUT2D eigenvalue weighted by Crippen LogP contribution is 2.08. The van der Waals surface area contributed by atoms with Crippen molar-refractivity contribution in [3.8, 4) is 0 Å². The van der Waals surface area contributed by atoms with Crippen LogP contribution in [-0.2, 0) is 9.57 Å². The van der Waals surface area contributed by atoms with Crippen molar-refractivity contribution >= 4 is 22.0 Å². The van der Waals surface area contributed by atoms with Gasteiger partial charge in [0.2, 0.25) is 0 Å². The summed E-state index contributed by atoms with van der Waals surface area (Å²) in [6, 6.07) is 0. The second-order valence-electron chi connectivity index (χ2n) is 4.15. The second kappa shape index (κ2) is 7.39. The molecule has 0 aromatic heterocycles. The Balaban J connectivity index is 3.97. The Labute approximate surface area is 110 Å². The molecule has 7 heteroatoms. The van der Waals surface area contributed by atoms with Gasteiger partial charge in [0, 0.05) is 7.05 Å². The molecule has 0 saturated heterocycles. The molecule has 0 heterocycles. The average molecular weight is 310 g/mol. The van der Waals surface area contributed by atoms with E-state index in [4.69, 9.17) is 9.57 Å². The highest BCUT2D eigenvalue weighted by Gasteiger charge is 2.15. The van der Waals surface area contributed by atoms with Gasteiger partial charge in [-0.25, -0.2) is 15.3 Å². The van der Waals surface area contributed by atoms with E-state index in [0.29, 0.717) is 11.2 Å². The molecule has 0 spiro atoms. The van der Waals surface area contributed by atoms with Crippen molar-refractivity contribution in [1.29, 1.82) is 0 Å². The fraction of sp³-hybridized carbons (Fsp3) is 0.700. The number of carbonyl (C=O) groups is 1. The second-order valence-corrected chi connectivity index (χ2v) is 4.97. The van der Waals surface area contributed by atoms with Gasteiger partial charge in [-0.05, 0) is 43.6 Å². The summed E-state index contributed by atoms with van der Waals surface area (Å²) in [5, 5.41) is 1.52. The number of hydrazine groups is 1. The first-order valence-electron chi connectivity index (χ1n) is 5.23. The normalized spacial score (nSPS) is 12.0. The zero-order valence-electron chi connectivity index (χ0n) is 10.8. The first-order valence-corrected chi connectivity index (χ1v) is 6.02. The van der Waals surface area contributed by atoms with E-state index in [1.807, 2.05) is 6.92 Å². The molecule has 100 valence electrons. The number of nitrogens with one attached hydrogen (secondary N) is 2. The van der Waals surface area contributed by atoms with Gasteiger partial charge in [0.1, 0.15) is 10.2 Å². The lowest BCUT2D eigenvalue weighted by Gasteiger charge is -2.20. The lowest BCUT2D eigenvalue weighted by molar-refractivity contribution is -0.0971. The number of hydrogen-bond acceptors (Lipinski definition) is 5. The predicted octanol–water partition coefficient (Wildman–Crippen LogP) is 2.09. The standard InChI is InChI=1S/C10H20BrN3O3/c1-6-16-14(5)8(11)7-12-13-9(15)17-10(2,3)4/h7,12H,6H2,1-5H3,(H,13,15)/b8-7-. The first-order chi connectivity index (χ1) is 7.76. The summed E-state index contributed by atoms with van der Waals surface area (Å²) in [7, 11) is 1.74. The fourth-order valence-corrected chi connectivity index (χ4v) is 1.02. The van der Waals surface area contributed by atoms with E-state index < -0.39 is 11.7 Å². The quantitative estimate of drug-likeness (QED) is 0.601. The molecule has 0 unspecified atom stereocenters. The fourth-order valence-electron chi connectivity index (χ4n) is 0.804. The van der Waals surface area contributed by atoms with Crippen molar-refractivity contribution < 1.29 is 14.4 Å². The average Bonchev–Trinajstić information content (AvgIpc) is 2.14. The Bertz CT molecular complexity index is 276. The van der Waals surface area contributed by atoms with Gasteiger partial charge in [-0.2, -0.15) is 0 Å². The van der Waals surface area contributed by atoms with Crippen molar-refractivity contribution in [2.45, 2.75) is 33.3 Å². The number of halogens is 1. The summed E-state index contributed by atoms with van der Waals surface area (Å²) in [5.74, 6) is 0. The Kier molecular flexibility index (Phi) is 6.98. The maximum absolute atomic E-state index is 11.3. The van der Waals surface area contributed by atoms with E-state index in [0.717, 1.165) is 0 Å². The minimum atomic E-state index is -0.548. The molecule has 0 aliphatic carbocycles. The van der Waals surface area contributed by atoms with Crippen molar-refractivity contribution in [2.75, 3.05) is 13.7 Å². The summed E-state index contributed by atoms with van der Waals surface area (Å²) in [6.07, 6.45) is 0.979. The van der Waals surface area contributed by atoms with Crippen LogP contribution in [0.3, 0.4) is 0 Å². The number of hydrogen-bond donors (Lipinski definition) is 2. The third-order valence-corrected chi connectivity index (χ3v) is 2.12. The molecule has 2 N–H and O–H groups in total. The van der Waals surface area contributed by atoms with Gasteiger partial charge in [-0.15, -0.1) is 0 Å². The minimum Gasteiger partial charge on any atom is -0.443 e. The molecule has 0 rings (SSSR count). The van der Waals surface area contributed by atoms with Crippen molar-refractivity contribution in [3.63, 3.8) is 0 Å². The predicted molar refractivity (Wildman–Crippen MR) is 68.9 cm³/mol. The van der Waals surface area contributed by atoms with Crippen LogP contribution < -0.4 is 10.9 Å². The van der Waals surface area contributed by atoms with E-state index in [9.17, 15) is 4.79 Å². The zero-order chi connectivity index (χ0) is 13.5. The Hall–Kier alpha value is -0.950. The molecule has 0 aromatic carbocycles. The van der Waals surface area contributed by atoms with Crippen LogP contribution in [0.25, 0.3) is 0 Å². The van der Waals surface area contributed by atoms with Crippen LogP contribution >= 0.6 is 15.9 Å². The molecule has 6 nitrogen and oxygen atoms in total. The van der Waals surface area contributed by atoms with Crippen molar-refractivity contribution in [2.24, 2.45) is 0 Å². The van der Waals surface area contributed by atoms with Crippen LogP contribution in [0.1, 0.15) is 27.7 Å². The maximum Gasteiger partial charge on any atom is 0.426 e. The number of carbonyl (C=O) groups excluding carboxylic acids is 1. The molecular formula is C10H20BrN3O3. The molecule has 0 radical (unpaired) electrons. The largest absolute Gasteiger partial charge is 0.443 e. The van der Waals surface area contributed by atoms with Gasteiger partial charge < -0.3 is 10.2 Å². The molecule has 0 aliphatic rings. The van der Waals surface area contributed by atoms with Crippen molar-refractivity contribution in [3.05, 3.63) is 10.8 Å². The van der Waals surface area contributed by atoms with Gasteiger partial charge in [-0.1, -0.05) is 0 Å². The number of ether oxygens (including phenoxy) is 1. The maximum atomic E-state index is 11.3. The molecule has 0 atom stereocenters. The summed E-state index contributed by atoms with van der Waals surface area (Å²) < 4.78 is 5.66. The molecular weight excluding hydrogens is 290 g/mol. The molecule has 0 fully saturated rings. The monoisotopic (exact) mass is 309 g/mol. The number of hydroxylamine groups is 2. The molecule has 17 heavy (non-hydrogen) atoms. The molecule has 0 aliphatic heterocycles. The highest BCUT2D eigenvalue weighted by atomic mass is 79.9. The van der Waals surface area contributed by atoms with Gasteiger partial charge in [0.05, 0.1) is 12.8 Å². The summed E-state index contributed by atoms with van der Waals surface area (Å²) in [4.78, 5) is 16.4. The topological polar surface area (TPSA) is 62.8 Å². The number of rotatable bonds is 5. The van der Waals surface area contributed by atoms with Gasteiger partial charge in [-0.3, -0.25) is 4.84 Å². The van der Waals surface area contributed by atoms with Gasteiger partial charge in [0.15, 0.2) is 0 Å². The SMILES string of the molecule is CCON(C)/C(Br)=C\NNC(=O)OC(C)(C)C. The lowest BCUT2D eigenvalue weighted by Crippen LogP contribution is -2.39. The Morgan fingerprint density at radius 2 is 2.06 bits per heavy atom. The lowest BCUT2D eigenvalue weighted by atomic mass is 10.2. The van der Waals surface area contributed by atoms with Crippen LogP contribution in [0.15, 0.2) is 10.8 Å². The first kappa shape index (κ1) is 16.1. The smallest absolute Gasteiger partial charge is 0.426 e. The Morgan fingerprint density at radius 3 is 2.53 bits per heavy atom. The molecule has 0 aromatic rings. The van der Waals surface area contributed by atoms with Crippen molar-refractivity contribution in [1.82, 2.24) is 15.9 Å². The number of amides is 1. The summed E-state index contributed by atoms with van der Waals surface area (Å²) in [5.41, 5.74) is 4.44. The summed E-state index contributed by atoms with van der Waals surface area (Å²) in [6.45, 7) is 7.81. The van der Waals surface area contributed by atoms with Crippen LogP contribution in [0.4, 0.5) is 4.79 Å². The van der Waals surface area contributed by atoms with E-state index in [1.54, 1.807) is 27.8 Å². The van der Waals surface area contributed by atoms with Crippen LogP contribution in [0.2, 0.25) is 0 Å². The van der Waals surface area contributed by atoms with E-state index in [2.05, 4.69) is 26.8 Å². The Morgan fingerprint density at radius 1 is 1.47 bits per heavy atom. The molecule has 0 bridgehead atoms.